The van der Waals surface area contributed by atoms with Crippen molar-refractivity contribution in [2.45, 2.75) is 87.7 Å². The smallest absolute Gasteiger partial charge is 0.331 e. The summed E-state index contributed by atoms with van der Waals surface area (Å²) < 4.78 is 41.6. The lowest BCUT2D eigenvalue weighted by Crippen LogP contribution is -2.52. The first kappa shape index (κ1) is 41.1. The highest BCUT2D eigenvalue weighted by atomic mass is 35.5. The predicted octanol–water partition coefficient (Wildman–Crippen LogP) is 3.04. The molecule has 0 spiro atoms. The fraction of sp³-hybridized carbons (Fsp3) is 0.500. The molecule has 2 amide bonds. The van der Waals surface area contributed by atoms with Crippen LogP contribution in [-0.4, -0.2) is 107 Å². The fourth-order valence-electron chi connectivity index (χ4n) is 5.81. The maximum absolute atomic E-state index is 12.4. The van der Waals surface area contributed by atoms with Gasteiger partial charge in [0.25, 0.3) is 0 Å². The number of unbranched alkanes of at least 4 members (excludes halogenated alkanes) is 1. The van der Waals surface area contributed by atoms with Crippen molar-refractivity contribution in [3.05, 3.63) is 81.6 Å². The van der Waals surface area contributed by atoms with Crippen molar-refractivity contribution in [3.63, 3.8) is 0 Å². The molecular weight excluding hydrogens is 751 g/mol. The Morgan fingerprint density at radius 3 is 2.38 bits per heavy atom. The minimum atomic E-state index is -4.27. The first-order chi connectivity index (χ1) is 25.2. The zero-order valence-electron chi connectivity index (χ0n) is 29.2. The maximum Gasteiger partial charge on any atom is 0.331 e. The number of aromatic nitrogens is 1. The van der Waals surface area contributed by atoms with Gasteiger partial charge in [-0.25, -0.2) is 9.52 Å². The minimum absolute atomic E-state index is 0.00573. The molecule has 2 aliphatic carbocycles. The number of carbonyl (C=O) groups excluding carboxylic acids is 1. The number of aliphatic hydroxyl groups is 5. The van der Waals surface area contributed by atoms with E-state index in [1.807, 2.05) is 30.5 Å². The summed E-state index contributed by atoms with van der Waals surface area (Å²) in [7, 11) is -3.11. The number of hydrogen-bond acceptors (Lipinski definition) is 11. The number of nitrogens with zero attached hydrogens (tertiary/aromatic N) is 2. The summed E-state index contributed by atoms with van der Waals surface area (Å²) in [5.74, 6) is 0.850. The Bertz CT molecular complexity index is 1830. The Labute approximate surface area is 318 Å². The summed E-state index contributed by atoms with van der Waals surface area (Å²) in [5.41, 5.74) is 4.05. The van der Waals surface area contributed by atoms with Crippen LogP contribution in [0.15, 0.2) is 54.9 Å². The maximum atomic E-state index is 12.4. The van der Waals surface area contributed by atoms with Gasteiger partial charge in [0.1, 0.15) is 30.2 Å². The second-order valence-electron chi connectivity index (χ2n) is 13.5. The van der Waals surface area contributed by atoms with Crippen LogP contribution >= 0.6 is 23.2 Å². The van der Waals surface area contributed by atoms with Gasteiger partial charge in [-0.15, -0.1) is 0 Å². The van der Waals surface area contributed by atoms with Gasteiger partial charge in [-0.3, -0.25) is 4.98 Å². The van der Waals surface area contributed by atoms with Crippen molar-refractivity contribution in [2.24, 2.45) is 0 Å². The summed E-state index contributed by atoms with van der Waals surface area (Å²) in [6, 6.07) is 12.5. The summed E-state index contributed by atoms with van der Waals surface area (Å²) in [6.45, 7) is -1.20. The lowest BCUT2D eigenvalue weighted by atomic mass is 9.96. The second-order valence-corrected chi connectivity index (χ2v) is 15.8. The van der Waals surface area contributed by atoms with Gasteiger partial charge in [0, 0.05) is 47.2 Å². The zero-order chi connectivity index (χ0) is 38.3. The van der Waals surface area contributed by atoms with Gasteiger partial charge >= 0.3 is 16.2 Å². The van der Waals surface area contributed by atoms with Crippen LogP contribution in [-0.2, 0) is 33.6 Å². The monoisotopic (exact) mass is 796 g/mol. The van der Waals surface area contributed by atoms with Crippen molar-refractivity contribution >= 4 is 39.4 Å². The standard InChI is InChI=1S/C36H46Cl2N4O10S/c1-42(19-30(44)33(46)34(47)31(45)20-43)35(48)41-53(49,50)40-14-5-4-6-22-16-29(38)23(17-28(22)37)21-51-36(12-13-36)27-18-39-15-11-25(27)26-7-2-3-8-32(26)52-24-9-10-24/h2-3,7-8,11,15-18,24,30-31,33-34,40,43-47H,4-6,9-10,12-14,19-21H2,1H3,(H,41,48)/t30-,31+,33+,34+/m1/s1. The Morgan fingerprint density at radius 1 is 1.00 bits per heavy atom. The predicted molar refractivity (Wildman–Crippen MR) is 198 cm³/mol. The van der Waals surface area contributed by atoms with Crippen LogP contribution < -0.4 is 14.2 Å². The number of ether oxygens (including phenoxy) is 2. The van der Waals surface area contributed by atoms with E-state index in [0.717, 1.165) is 71.2 Å². The number of carbonyl (C=O) groups is 1. The van der Waals surface area contributed by atoms with E-state index in [4.69, 9.17) is 37.8 Å². The molecule has 1 aromatic heterocycles. The quantitative estimate of drug-likeness (QED) is 0.0827. The van der Waals surface area contributed by atoms with Crippen molar-refractivity contribution < 1.29 is 48.2 Å². The van der Waals surface area contributed by atoms with Gasteiger partial charge in [0.15, 0.2) is 0 Å². The number of rotatable bonds is 20. The van der Waals surface area contributed by atoms with Crippen LogP contribution in [0.3, 0.4) is 0 Å². The van der Waals surface area contributed by atoms with E-state index in [1.54, 1.807) is 23.1 Å². The normalized spacial score (nSPS) is 17.4. The number of hydrogen-bond donors (Lipinski definition) is 7. The largest absolute Gasteiger partial charge is 0.490 e. The molecule has 53 heavy (non-hydrogen) atoms. The molecule has 0 saturated heterocycles. The first-order valence-corrected chi connectivity index (χ1v) is 19.6. The van der Waals surface area contributed by atoms with Crippen LogP contribution in [0.25, 0.3) is 11.1 Å². The lowest BCUT2D eigenvalue weighted by Gasteiger charge is -2.28. The number of urea groups is 1. The highest BCUT2D eigenvalue weighted by Crippen LogP contribution is 2.53. The number of nitrogens with one attached hydrogen (secondary N) is 2. The number of halogens is 2. The molecule has 1 heterocycles. The van der Waals surface area contributed by atoms with E-state index in [-0.39, 0.29) is 19.3 Å². The third kappa shape index (κ3) is 11.0. The third-order valence-electron chi connectivity index (χ3n) is 9.25. The van der Waals surface area contributed by atoms with Crippen molar-refractivity contribution in [3.8, 4) is 16.9 Å². The molecule has 0 unspecified atom stereocenters. The highest BCUT2D eigenvalue weighted by Gasteiger charge is 2.48. The van der Waals surface area contributed by atoms with Crippen LogP contribution in [0.1, 0.15) is 55.2 Å². The van der Waals surface area contributed by atoms with Crippen LogP contribution in [0.2, 0.25) is 10.0 Å². The first-order valence-electron chi connectivity index (χ1n) is 17.4. The molecule has 17 heteroatoms. The molecule has 3 aromatic rings. The molecule has 2 aliphatic rings. The van der Waals surface area contributed by atoms with Gasteiger partial charge in [0.05, 0.1) is 31.5 Å². The molecule has 14 nitrogen and oxygen atoms in total. The Kier molecular flexibility index (Phi) is 14.0. The Morgan fingerprint density at radius 2 is 1.68 bits per heavy atom. The van der Waals surface area contributed by atoms with E-state index in [2.05, 4.69) is 15.8 Å². The van der Waals surface area contributed by atoms with E-state index in [1.165, 1.54) is 0 Å². The van der Waals surface area contributed by atoms with Crippen molar-refractivity contribution in [1.82, 2.24) is 19.3 Å². The molecule has 0 bridgehead atoms. The molecule has 7 N–H and O–H groups in total. The van der Waals surface area contributed by atoms with E-state index in [9.17, 15) is 33.6 Å². The van der Waals surface area contributed by atoms with Gasteiger partial charge in [-0.2, -0.15) is 13.1 Å². The van der Waals surface area contributed by atoms with Gasteiger partial charge in [0.2, 0.25) is 0 Å². The number of para-hydroxylation sites is 1. The Hall–Kier alpha value is -3.09. The van der Waals surface area contributed by atoms with Crippen molar-refractivity contribution in [2.75, 3.05) is 26.7 Å². The SMILES string of the molecule is CN(C[C@@H](O)[C@H](O)[C@@H](O)[C@@H](O)CO)C(=O)NS(=O)(=O)NCCCCc1cc(Cl)c(COC2(c3cnccc3-c3ccccc3OC3CC3)CC2)cc1Cl. The van der Waals surface area contributed by atoms with E-state index < -0.39 is 59.4 Å². The number of amides is 2. The molecule has 2 fully saturated rings. The number of aryl methyl sites for hydroxylation is 1. The molecular formula is C36H46Cl2N4O10S. The highest BCUT2D eigenvalue weighted by molar-refractivity contribution is 7.88. The van der Waals surface area contributed by atoms with E-state index >= 15 is 0 Å². The number of aliphatic hydroxyl groups excluding tert-OH is 5. The van der Waals surface area contributed by atoms with Gasteiger partial charge < -0.3 is 39.9 Å². The van der Waals surface area contributed by atoms with Crippen LogP contribution in [0.5, 0.6) is 5.75 Å². The topological polar surface area (TPSA) is 211 Å². The molecule has 2 aromatic carbocycles. The summed E-state index contributed by atoms with van der Waals surface area (Å²) >= 11 is 13.3. The Balaban J connectivity index is 1.09. The molecule has 0 radical (unpaired) electrons. The second kappa shape index (κ2) is 18.0. The third-order valence-corrected chi connectivity index (χ3v) is 11.0. The van der Waals surface area contributed by atoms with Crippen LogP contribution in [0.4, 0.5) is 4.79 Å². The summed E-state index contributed by atoms with van der Waals surface area (Å²) in [6.07, 6.45) is 1.91. The zero-order valence-corrected chi connectivity index (χ0v) is 31.5. The fourth-order valence-corrected chi connectivity index (χ4v) is 7.21. The molecule has 4 atom stereocenters. The van der Waals surface area contributed by atoms with Gasteiger partial charge in [-0.1, -0.05) is 41.4 Å². The average molecular weight is 798 g/mol. The minimum Gasteiger partial charge on any atom is -0.490 e. The number of pyridine rings is 1. The van der Waals surface area contributed by atoms with E-state index in [0.29, 0.717) is 29.3 Å². The van der Waals surface area contributed by atoms with Crippen LogP contribution in [0, 0.1) is 0 Å². The molecule has 0 aliphatic heterocycles. The number of benzene rings is 2. The molecule has 2 saturated carbocycles. The van der Waals surface area contributed by atoms with Gasteiger partial charge in [-0.05, 0) is 85.9 Å². The molecule has 290 valence electrons. The van der Waals surface area contributed by atoms with Crippen molar-refractivity contribution in [1.29, 1.82) is 0 Å². The summed E-state index contributed by atoms with van der Waals surface area (Å²) in [5, 5.41) is 49.0. The summed E-state index contributed by atoms with van der Waals surface area (Å²) in [4.78, 5) is 17.5. The molecule has 5 rings (SSSR count). The average Bonchev–Trinajstić information content (AvgIpc) is 4.08. The lowest BCUT2D eigenvalue weighted by molar-refractivity contribution is -0.117. The number of likely N-dealkylation sites (N-methyl/N-ethyl adjacent to an activating group) is 1.